The summed E-state index contributed by atoms with van der Waals surface area (Å²) >= 11 is 0. The fraction of sp³-hybridized carbons (Fsp3) is 0.909. The van der Waals surface area contributed by atoms with Crippen LogP contribution in [0.4, 0.5) is 8.78 Å². The molecule has 4 aliphatic rings. The van der Waals surface area contributed by atoms with Gasteiger partial charge in [-0.3, -0.25) is 19.8 Å². The predicted octanol–water partition coefficient (Wildman–Crippen LogP) is -2.41. The molecule has 0 bridgehead atoms. The van der Waals surface area contributed by atoms with Crippen LogP contribution in [0.5, 0.6) is 0 Å². The molecule has 0 radical (unpaired) electrons. The topological polar surface area (TPSA) is 127 Å². The van der Waals surface area contributed by atoms with Crippen molar-refractivity contribution in [1.82, 2.24) is 36.2 Å². The lowest BCUT2D eigenvalue weighted by Crippen LogP contribution is -2.67. The number of ether oxygens (including phenoxy) is 1. The second-order valence-electron chi connectivity index (χ2n) is 10.1. The molecule has 13 heteroatoms. The number of amides is 2. The third-order valence-electron chi connectivity index (χ3n) is 7.75. The summed E-state index contributed by atoms with van der Waals surface area (Å²) in [6, 6.07) is -0.930. The number of hydrogen-bond donors (Lipinski definition) is 5. The highest BCUT2D eigenvalue weighted by Gasteiger charge is 2.48. The van der Waals surface area contributed by atoms with Gasteiger partial charge < -0.3 is 26.0 Å². The van der Waals surface area contributed by atoms with Gasteiger partial charge in [-0.1, -0.05) is 0 Å². The van der Waals surface area contributed by atoms with E-state index in [9.17, 15) is 14.0 Å². The molecular formula is C22H40F2N8O3. The monoisotopic (exact) mass is 502 g/mol. The zero-order valence-electron chi connectivity index (χ0n) is 20.6. The molecule has 0 spiro atoms. The Morgan fingerprint density at radius 1 is 1.20 bits per heavy atom. The number of likely N-dealkylation sites (tertiary alicyclic amines) is 1. The summed E-state index contributed by atoms with van der Waals surface area (Å²) in [5.41, 5.74) is 9.15. The molecular weight excluding hydrogens is 462 g/mol. The Bertz CT molecular complexity index is 743. The van der Waals surface area contributed by atoms with Crippen molar-refractivity contribution in [3.05, 3.63) is 0 Å². The molecule has 4 aliphatic heterocycles. The molecule has 0 saturated carbocycles. The van der Waals surface area contributed by atoms with E-state index in [0.717, 1.165) is 0 Å². The molecule has 0 aliphatic carbocycles. The molecule has 6 N–H and O–H groups in total. The van der Waals surface area contributed by atoms with Crippen molar-refractivity contribution in [1.29, 1.82) is 0 Å². The maximum absolute atomic E-state index is 15.2. The van der Waals surface area contributed by atoms with Crippen LogP contribution in [0, 0.1) is 11.8 Å². The highest BCUT2D eigenvalue weighted by Crippen LogP contribution is 2.27. The van der Waals surface area contributed by atoms with Crippen molar-refractivity contribution < 1.29 is 23.1 Å². The van der Waals surface area contributed by atoms with Crippen LogP contribution >= 0.6 is 0 Å². The molecule has 4 heterocycles. The van der Waals surface area contributed by atoms with Crippen LogP contribution in [0.2, 0.25) is 0 Å². The van der Waals surface area contributed by atoms with Gasteiger partial charge in [0, 0.05) is 52.8 Å². The minimum atomic E-state index is -1.15. The van der Waals surface area contributed by atoms with Crippen LogP contribution in [-0.2, 0) is 14.3 Å². The summed E-state index contributed by atoms with van der Waals surface area (Å²) < 4.78 is 34.0. The van der Waals surface area contributed by atoms with Gasteiger partial charge in [0.15, 0.2) is 0 Å². The summed E-state index contributed by atoms with van der Waals surface area (Å²) in [5.74, 6) is -0.908. The molecule has 4 fully saturated rings. The number of fused-ring (bicyclic) bond motifs is 1. The number of halogens is 2. The first-order chi connectivity index (χ1) is 16.8. The van der Waals surface area contributed by atoms with Gasteiger partial charge in [0.2, 0.25) is 11.8 Å². The van der Waals surface area contributed by atoms with Gasteiger partial charge in [-0.25, -0.2) is 19.2 Å². The number of piperidine rings is 2. The molecule has 35 heavy (non-hydrogen) atoms. The molecule has 4 saturated heterocycles. The lowest BCUT2D eigenvalue weighted by Gasteiger charge is -2.45. The van der Waals surface area contributed by atoms with E-state index in [0.29, 0.717) is 45.6 Å². The van der Waals surface area contributed by atoms with E-state index in [1.165, 1.54) is 0 Å². The van der Waals surface area contributed by atoms with Gasteiger partial charge in [-0.05, 0) is 25.9 Å². The van der Waals surface area contributed by atoms with E-state index < -0.39 is 42.7 Å². The van der Waals surface area contributed by atoms with E-state index in [2.05, 4.69) is 26.3 Å². The van der Waals surface area contributed by atoms with Gasteiger partial charge in [0.25, 0.3) is 0 Å². The summed E-state index contributed by atoms with van der Waals surface area (Å²) in [6.45, 7) is 3.19. The van der Waals surface area contributed by atoms with E-state index >= 15 is 4.39 Å². The molecule has 0 aromatic rings. The Kier molecular flexibility index (Phi) is 8.90. The molecule has 2 amide bonds. The number of nitrogens with two attached hydrogens (primary N) is 1. The quantitative estimate of drug-likeness (QED) is 0.259. The Morgan fingerprint density at radius 3 is 2.66 bits per heavy atom. The first kappa shape index (κ1) is 26.6. The van der Waals surface area contributed by atoms with Crippen molar-refractivity contribution in [2.45, 2.75) is 49.6 Å². The van der Waals surface area contributed by atoms with Crippen LogP contribution in [-0.4, -0.2) is 130 Å². The number of carbonyl (C=O) groups is 2. The van der Waals surface area contributed by atoms with Gasteiger partial charge in [0.1, 0.15) is 12.3 Å². The molecule has 0 aromatic carbocycles. The largest absolute Gasteiger partial charge is 0.383 e. The number of likely N-dealkylation sites (N-methyl/N-ethyl adjacent to an activating group) is 1. The number of nitrogens with one attached hydrogen (secondary N) is 4. The average Bonchev–Trinajstić information content (AvgIpc) is 3.17. The zero-order valence-corrected chi connectivity index (χ0v) is 20.6. The van der Waals surface area contributed by atoms with Crippen molar-refractivity contribution in [2.24, 2.45) is 17.6 Å². The number of alkyl halides is 2. The van der Waals surface area contributed by atoms with Crippen molar-refractivity contribution in [3.63, 3.8) is 0 Å². The first-order valence-electron chi connectivity index (χ1n) is 12.6. The number of rotatable bonds is 7. The van der Waals surface area contributed by atoms with Crippen LogP contribution in [0.1, 0.15) is 12.8 Å². The Labute approximate surface area is 205 Å². The number of hydrogen-bond acceptors (Lipinski definition) is 9. The fourth-order valence-electron chi connectivity index (χ4n) is 5.84. The number of nitrogens with zero attached hydrogens (tertiary/aromatic N) is 3. The predicted molar refractivity (Wildman–Crippen MR) is 125 cm³/mol. The van der Waals surface area contributed by atoms with Gasteiger partial charge >= 0.3 is 0 Å². The molecule has 7 unspecified atom stereocenters. The van der Waals surface area contributed by atoms with Crippen LogP contribution < -0.4 is 27.1 Å². The first-order valence-corrected chi connectivity index (χ1v) is 12.6. The Balaban J connectivity index is 1.36. The zero-order chi connectivity index (χ0) is 25.1. The average molecular weight is 503 g/mol. The number of methoxy groups -OCH3 is 1. The normalized spacial score (nSPS) is 37.1. The summed E-state index contributed by atoms with van der Waals surface area (Å²) in [4.78, 5) is 29.8. The summed E-state index contributed by atoms with van der Waals surface area (Å²) in [6.07, 6.45) is -1.97. The lowest BCUT2D eigenvalue weighted by atomic mass is 9.90. The molecule has 11 nitrogen and oxygen atoms in total. The molecule has 0 aromatic heterocycles. The van der Waals surface area contributed by atoms with Crippen molar-refractivity contribution in [3.8, 4) is 0 Å². The minimum Gasteiger partial charge on any atom is -0.383 e. The second-order valence-corrected chi connectivity index (χ2v) is 10.1. The smallest absolute Gasteiger partial charge is 0.229 e. The lowest BCUT2D eigenvalue weighted by molar-refractivity contribution is -0.136. The molecule has 200 valence electrons. The van der Waals surface area contributed by atoms with Crippen molar-refractivity contribution >= 4 is 11.8 Å². The fourth-order valence-corrected chi connectivity index (χ4v) is 5.84. The number of hydrazine groups is 1. The van der Waals surface area contributed by atoms with E-state index in [1.807, 2.05) is 0 Å². The van der Waals surface area contributed by atoms with Crippen LogP contribution in [0.15, 0.2) is 0 Å². The standard InChI is InChI=1S/C22H40F2N8O3/c1-30(7-8-35-2)22(34)13-3-5-31(6-4-13)18-15(24)10-26-11-16(18)28-21(33)17-19(25)29-32-12-14(23)9-27-20(17)32/h13-20,26-27,29H,3-12,25H2,1-2H3,(H,28,33). The Hall–Kier alpha value is -1.48. The highest BCUT2D eigenvalue weighted by atomic mass is 19.1. The highest BCUT2D eigenvalue weighted by molar-refractivity contribution is 5.81. The second kappa shape index (κ2) is 11.7. The van der Waals surface area contributed by atoms with E-state index in [-0.39, 0.29) is 37.4 Å². The summed E-state index contributed by atoms with van der Waals surface area (Å²) in [7, 11) is 3.39. The molecule has 4 rings (SSSR count). The maximum Gasteiger partial charge on any atom is 0.229 e. The Morgan fingerprint density at radius 2 is 1.94 bits per heavy atom. The number of carbonyl (C=O) groups excluding carboxylic acids is 2. The van der Waals surface area contributed by atoms with Gasteiger partial charge in [0.05, 0.1) is 36.9 Å². The van der Waals surface area contributed by atoms with Crippen LogP contribution in [0.25, 0.3) is 0 Å². The van der Waals surface area contributed by atoms with Gasteiger partial charge in [-0.2, -0.15) is 0 Å². The van der Waals surface area contributed by atoms with E-state index in [4.69, 9.17) is 10.5 Å². The summed E-state index contributed by atoms with van der Waals surface area (Å²) in [5, 5.41) is 10.8. The minimum absolute atomic E-state index is 0.0915. The SMILES string of the molecule is COCCN(C)C(=O)C1CCN(C2C(F)CNCC2NC(=O)C2C(N)NN3CC(F)CNC23)CC1. The third kappa shape index (κ3) is 5.92. The third-order valence-corrected chi connectivity index (χ3v) is 7.75. The van der Waals surface area contributed by atoms with Crippen LogP contribution in [0.3, 0.4) is 0 Å². The molecule has 7 atom stereocenters. The maximum atomic E-state index is 15.2. The van der Waals surface area contributed by atoms with Crippen molar-refractivity contribution in [2.75, 3.05) is 66.6 Å². The van der Waals surface area contributed by atoms with Gasteiger partial charge in [-0.15, -0.1) is 0 Å². The van der Waals surface area contributed by atoms with E-state index in [1.54, 1.807) is 24.1 Å².